The fourth-order valence-corrected chi connectivity index (χ4v) is 2.77. The molecule has 1 saturated heterocycles. The van der Waals surface area contributed by atoms with Crippen LogP contribution in [0.2, 0.25) is 0 Å². The van der Waals surface area contributed by atoms with Crippen LogP contribution in [0, 0.1) is 0 Å². The molecular weight excluding hydrogens is 310 g/mol. The van der Waals surface area contributed by atoms with Crippen LogP contribution in [0.5, 0.6) is 0 Å². The van der Waals surface area contributed by atoms with Crippen LogP contribution in [0.15, 0.2) is 22.7 Å². The van der Waals surface area contributed by atoms with Gasteiger partial charge in [-0.1, -0.05) is 15.9 Å². The van der Waals surface area contributed by atoms with Crippen molar-refractivity contribution in [3.8, 4) is 0 Å². The zero-order valence-electron chi connectivity index (χ0n) is 10.5. The van der Waals surface area contributed by atoms with Gasteiger partial charge in [-0.15, -0.1) is 0 Å². The van der Waals surface area contributed by atoms with E-state index in [-0.39, 0.29) is 12.0 Å². The highest BCUT2D eigenvalue weighted by molar-refractivity contribution is 9.10. The highest BCUT2D eigenvalue weighted by Crippen LogP contribution is 2.32. The summed E-state index contributed by atoms with van der Waals surface area (Å²) in [5.74, 6) is 0.0831. The van der Waals surface area contributed by atoms with Crippen LogP contribution >= 0.6 is 15.9 Å². The molecule has 0 aromatic heterocycles. The molecule has 2 aliphatic heterocycles. The van der Waals surface area contributed by atoms with Gasteiger partial charge in [-0.3, -0.25) is 4.79 Å². The number of carbonyl (C=O) groups excluding carboxylic acids is 1. The Hall–Kier alpha value is -1.11. The van der Waals surface area contributed by atoms with Crippen LogP contribution in [-0.2, 0) is 9.53 Å². The number of carbonyl (C=O) groups is 1. The van der Waals surface area contributed by atoms with E-state index in [1.165, 1.54) is 0 Å². The molecule has 102 valence electrons. The lowest BCUT2D eigenvalue weighted by Crippen LogP contribution is -2.49. The van der Waals surface area contributed by atoms with Crippen LogP contribution in [0.3, 0.4) is 0 Å². The molecule has 1 atom stereocenters. The minimum atomic E-state index is 0.0580. The molecule has 1 amide bonds. The molecule has 0 bridgehead atoms. The number of benzene rings is 1. The van der Waals surface area contributed by atoms with Crippen LogP contribution in [-0.4, -0.2) is 44.8 Å². The number of morpholine rings is 1. The smallest absolute Gasteiger partial charge is 0.246 e. The number of hydrogen-bond donors (Lipinski definition) is 2. The minimum Gasteiger partial charge on any atom is -0.374 e. The molecule has 6 heteroatoms. The molecule has 2 aliphatic rings. The Kier molecular flexibility index (Phi) is 3.72. The Morgan fingerprint density at radius 2 is 2.37 bits per heavy atom. The molecule has 0 spiro atoms. The first-order chi connectivity index (χ1) is 9.24. The maximum absolute atomic E-state index is 12.1. The maximum atomic E-state index is 12.1. The van der Waals surface area contributed by atoms with Gasteiger partial charge in [0.15, 0.2) is 0 Å². The van der Waals surface area contributed by atoms with Crippen molar-refractivity contribution in [3.63, 3.8) is 0 Å². The summed E-state index contributed by atoms with van der Waals surface area (Å²) in [6, 6.07) is 5.92. The first-order valence-corrected chi connectivity index (χ1v) is 7.19. The van der Waals surface area contributed by atoms with Gasteiger partial charge in [-0.25, -0.2) is 0 Å². The minimum absolute atomic E-state index is 0.0580. The standard InChI is InChI=1S/C13H16BrN3O2/c14-9-1-2-11-12(5-9)17(13(18)7-16-11)8-10-6-15-3-4-19-10/h1-2,5,10,15-16H,3-4,6-8H2. The van der Waals surface area contributed by atoms with Crippen molar-refractivity contribution in [2.45, 2.75) is 6.10 Å². The lowest BCUT2D eigenvalue weighted by molar-refractivity contribution is -0.117. The van der Waals surface area contributed by atoms with E-state index in [0.717, 1.165) is 28.9 Å². The van der Waals surface area contributed by atoms with Crippen molar-refractivity contribution < 1.29 is 9.53 Å². The van der Waals surface area contributed by atoms with Crippen molar-refractivity contribution in [2.75, 3.05) is 43.0 Å². The predicted octanol–water partition coefficient (Wildman–Crippen LogP) is 1.20. The summed E-state index contributed by atoms with van der Waals surface area (Å²) in [4.78, 5) is 13.9. The van der Waals surface area contributed by atoms with Gasteiger partial charge in [-0.2, -0.15) is 0 Å². The van der Waals surface area contributed by atoms with Crippen molar-refractivity contribution in [1.82, 2.24) is 5.32 Å². The van der Waals surface area contributed by atoms with Gasteiger partial charge in [-0.05, 0) is 18.2 Å². The molecule has 1 aromatic rings. The molecule has 1 fully saturated rings. The van der Waals surface area contributed by atoms with Gasteiger partial charge in [0.1, 0.15) is 0 Å². The Morgan fingerprint density at radius 1 is 1.47 bits per heavy atom. The monoisotopic (exact) mass is 325 g/mol. The molecular formula is C13H16BrN3O2. The second-order valence-corrected chi connectivity index (χ2v) is 5.63. The first-order valence-electron chi connectivity index (χ1n) is 6.40. The van der Waals surface area contributed by atoms with E-state index in [4.69, 9.17) is 4.74 Å². The topological polar surface area (TPSA) is 53.6 Å². The number of hydrogen-bond acceptors (Lipinski definition) is 4. The third kappa shape index (κ3) is 2.75. The van der Waals surface area contributed by atoms with Gasteiger partial charge in [0.25, 0.3) is 0 Å². The Morgan fingerprint density at radius 3 is 3.16 bits per heavy atom. The molecule has 19 heavy (non-hydrogen) atoms. The Bertz CT molecular complexity index is 489. The van der Waals surface area contributed by atoms with Crippen molar-refractivity contribution in [2.24, 2.45) is 0 Å². The molecule has 5 nitrogen and oxygen atoms in total. The summed E-state index contributed by atoms with van der Waals surface area (Å²) >= 11 is 3.45. The van der Waals surface area contributed by atoms with Crippen LogP contribution in [0.1, 0.15) is 0 Å². The van der Waals surface area contributed by atoms with E-state index in [1.807, 2.05) is 23.1 Å². The molecule has 0 radical (unpaired) electrons. The van der Waals surface area contributed by atoms with E-state index < -0.39 is 0 Å². The zero-order valence-corrected chi connectivity index (χ0v) is 12.1. The second-order valence-electron chi connectivity index (χ2n) is 4.72. The predicted molar refractivity (Wildman–Crippen MR) is 77.6 cm³/mol. The summed E-state index contributed by atoms with van der Waals surface area (Å²) in [5, 5.41) is 6.43. The maximum Gasteiger partial charge on any atom is 0.246 e. The molecule has 2 heterocycles. The quantitative estimate of drug-likeness (QED) is 0.857. The molecule has 2 N–H and O–H groups in total. The van der Waals surface area contributed by atoms with E-state index >= 15 is 0 Å². The number of ether oxygens (including phenoxy) is 1. The van der Waals surface area contributed by atoms with Gasteiger partial charge < -0.3 is 20.3 Å². The van der Waals surface area contributed by atoms with Gasteiger partial charge in [0.05, 0.1) is 37.2 Å². The third-order valence-electron chi connectivity index (χ3n) is 3.37. The molecule has 1 unspecified atom stereocenters. The largest absolute Gasteiger partial charge is 0.374 e. The van der Waals surface area contributed by atoms with Crippen LogP contribution < -0.4 is 15.5 Å². The lowest BCUT2D eigenvalue weighted by Gasteiger charge is -2.34. The zero-order chi connectivity index (χ0) is 13.2. The van der Waals surface area contributed by atoms with Crippen LogP contribution in [0.25, 0.3) is 0 Å². The van der Waals surface area contributed by atoms with E-state index in [2.05, 4.69) is 26.6 Å². The SMILES string of the molecule is O=C1CNc2ccc(Br)cc2N1CC1CNCCO1. The number of nitrogens with zero attached hydrogens (tertiary/aromatic N) is 1. The van der Waals surface area contributed by atoms with E-state index in [9.17, 15) is 4.79 Å². The number of anilines is 2. The fraction of sp³-hybridized carbons (Fsp3) is 0.462. The molecule has 0 saturated carbocycles. The average Bonchev–Trinajstić information content (AvgIpc) is 2.43. The van der Waals surface area contributed by atoms with Gasteiger partial charge >= 0.3 is 0 Å². The number of amides is 1. The third-order valence-corrected chi connectivity index (χ3v) is 3.87. The summed E-state index contributed by atoms with van der Waals surface area (Å²) in [6.45, 7) is 3.32. The normalized spacial score (nSPS) is 22.9. The van der Waals surface area contributed by atoms with Crippen LogP contribution in [0.4, 0.5) is 11.4 Å². The number of rotatable bonds is 2. The summed E-state index contributed by atoms with van der Waals surface area (Å²) < 4.78 is 6.65. The molecule has 1 aromatic carbocycles. The second kappa shape index (κ2) is 5.48. The summed E-state index contributed by atoms with van der Waals surface area (Å²) in [6.07, 6.45) is 0.0580. The lowest BCUT2D eigenvalue weighted by atomic mass is 10.1. The highest BCUT2D eigenvalue weighted by Gasteiger charge is 2.27. The first kappa shape index (κ1) is 12.9. The molecule has 3 rings (SSSR count). The number of nitrogens with one attached hydrogen (secondary N) is 2. The van der Waals surface area contributed by atoms with E-state index in [1.54, 1.807) is 0 Å². The molecule has 0 aliphatic carbocycles. The van der Waals surface area contributed by atoms with Crippen molar-refractivity contribution in [3.05, 3.63) is 22.7 Å². The summed E-state index contributed by atoms with van der Waals surface area (Å²) in [7, 11) is 0. The van der Waals surface area contributed by atoms with Crippen molar-refractivity contribution in [1.29, 1.82) is 0 Å². The number of halogens is 1. The van der Waals surface area contributed by atoms with Gasteiger partial charge in [0.2, 0.25) is 5.91 Å². The van der Waals surface area contributed by atoms with Gasteiger partial charge in [0, 0.05) is 17.6 Å². The number of fused-ring (bicyclic) bond motifs is 1. The fourth-order valence-electron chi connectivity index (χ4n) is 2.42. The Labute approximate surface area is 120 Å². The summed E-state index contributed by atoms with van der Waals surface area (Å²) in [5.41, 5.74) is 1.91. The van der Waals surface area contributed by atoms with Crippen molar-refractivity contribution >= 4 is 33.2 Å². The average molecular weight is 326 g/mol. The highest BCUT2D eigenvalue weighted by atomic mass is 79.9. The van der Waals surface area contributed by atoms with E-state index in [0.29, 0.717) is 19.7 Å². The Balaban J connectivity index is 1.83.